The lowest BCUT2D eigenvalue weighted by molar-refractivity contribution is -0.0392. The van der Waals surface area contributed by atoms with Gasteiger partial charge in [-0.15, -0.1) is 0 Å². The zero-order chi connectivity index (χ0) is 14.5. The minimum atomic E-state index is -0.333. The van der Waals surface area contributed by atoms with Crippen LogP contribution in [0.1, 0.15) is 51.8 Å². The van der Waals surface area contributed by atoms with Gasteiger partial charge < -0.3 is 4.74 Å². The Morgan fingerprint density at radius 2 is 2.00 bits per heavy atom. The molecule has 0 aliphatic rings. The zero-order valence-corrected chi connectivity index (χ0v) is 12.9. The fourth-order valence-electron chi connectivity index (χ4n) is 2.52. The second-order valence-electron chi connectivity index (χ2n) is 5.98. The van der Waals surface area contributed by atoms with Crippen LogP contribution in [0.5, 0.6) is 0 Å². The third-order valence-electron chi connectivity index (χ3n) is 3.31. The molecule has 0 saturated carbocycles. The lowest BCUT2D eigenvalue weighted by Crippen LogP contribution is -2.44. The van der Waals surface area contributed by atoms with E-state index in [0.29, 0.717) is 12.5 Å². The van der Waals surface area contributed by atoms with Crippen molar-refractivity contribution in [2.45, 2.75) is 52.7 Å². The van der Waals surface area contributed by atoms with Gasteiger partial charge in [0.25, 0.3) is 0 Å². The van der Waals surface area contributed by atoms with E-state index in [1.807, 2.05) is 6.92 Å². The quantitative estimate of drug-likeness (QED) is 0.587. The number of hydrazine groups is 1. The average Bonchev–Trinajstić information content (AvgIpc) is 2.28. The van der Waals surface area contributed by atoms with Gasteiger partial charge in [-0.3, -0.25) is 11.3 Å². The number of hydrogen-bond acceptors (Lipinski definition) is 3. The van der Waals surface area contributed by atoms with E-state index in [1.54, 1.807) is 0 Å². The molecule has 3 nitrogen and oxygen atoms in total. The molecule has 3 N–H and O–H groups in total. The Labute approximate surface area is 117 Å². The molecule has 0 bridgehead atoms. The van der Waals surface area contributed by atoms with E-state index in [0.717, 1.165) is 6.42 Å². The summed E-state index contributed by atoms with van der Waals surface area (Å²) in [6.07, 6.45) is 1.08. The zero-order valence-electron chi connectivity index (χ0n) is 12.9. The highest BCUT2D eigenvalue weighted by atomic mass is 16.5. The average molecular weight is 264 g/mol. The molecule has 1 unspecified atom stereocenters. The van der Waals surface area contributed by atoms with E-state index in [1.165, 1.54) is 11.1 Å². The Balaban J connectivity index is 2.98. The van der Waals surface area contributed by atoms with Crippen molar-refractivity contribution in [3.05, 3.63) is 35.4 Å². The van der Waals surface area contributed by atoms with Crippen LogP contribution in [0, 0.1) is 5.92 Å². The first kappa shape index (κ1) is 16.2. The molecule has 108 valence electrons. The summed E-state index contributed by atoms with van der Waals surface area (Å²) in [7, 11) is 0. The van der Waals surface area contributed by atoms with Gasteiger partial charge in [-0.1, -0.05) is 38.1 Å². The first-order valence-electron chi connectivity index (χ1n) is 7.09. The Kier molecular flexibility index (Phi) is 5.98. The summed E-state index contributed by atoms with van der Waals surface area (Å²) in [4.78, 5) is 0. The van der Waals surface area contributed by atoms with Crippen LogP contribution in [0.2, 0.25) is 0 Å². The molecular weight excluding hydrogens is 236 g/mol. The van der Waals surface area contributed by atoms with Gasteiger partial charge in [0, 0.05) is 6.61 Å². The summed E-state index contributed by atoms with van der Waals surface area (Å²) < 4.78 is 5.82. The van der Waals surface area contributed by atoms with Crippen LogP contribution in [-0.2, 0) is 11.2 Å². The van der Waals surface area contributed by atoms with E-state index in [9.17, 15) is 0 Å². The third-order valence-corrected chi connectivity index (χ3v) is 3.31. The predicted molar refractivity (Wildman–Crippen MR) is 80.8 cm³/mol. The highest BCUT2D eigenvalue weighted by Gasteiger charge is 2.30. The monoisotopic (exact) mass is 264 g/mol. The summed E-state index contributed by atoms with van der Waals surface area (Å²) in [6.45, 7) is 11.3. The molecule has 1 rings (SSSR count). The van der Waals surface area contributed by atoms with E-state index in [-0.39, 0.29) is 11.6 Å². The standard InChI is InChI=1S/C16H28N2O/c1-6-19-16(4,5)15(18-17)14-9-7-8-13(11-14)10-12(2)3/h7-9,11-12,15,18H,6,10,17H2,1-5H3. The molecule has 0 amide bonds. The van der Waals surface area contributed by atoms with Crippen LogP contribution in [-0.4, -0.2) is 12.2 Å². The van der Waals surface area contributed by atoms with Gasteiger partial charge >= 0.3 is 0 Å². The largest absolute Gasteiger partial charge is 0.374 e. The van der Waals surface area contributed by atoms with E-state index in [4.69, 9.17) is 10.6 Å². The SMILES string of the molecule is CCOC(C)(C)C(NN)c1cccc(CC(C)C)c1. The minimum Gasteiger partial charge on any atom is -0.374 e. The van der Waals surface area contributed by atoms with Crippen molar-refractivity contribution < 1.29 is 4.74 Å². The smallest absolute Gasteiger partial charge is 0.0833 e. The van der Waals surface area contributed by atoms with Gasteiger partial charge in [0.15, 0.2) is 0 Å². The maximum atomic E-state index is 5.82. The second-order valence-corrected chi connectivity index (χ2v) is 5.98. The van der Waals surface area contributed by atoms with Crippen LogP contribution in [0.4, 0.5) is 0 Å². The highest BCUT2D eigenvalue weighted by Crippen LogP contribution is 2.29. The summed E-state index contributed by atoms with van der Waals surface area (Å²) in [5, 5.41) is 0. The van der Waals surface area contributed by atoms with Gasteiger partial charge in [0.1, 0.15) is 0 Å². The van der Waals surface area contributed by atoms with Crippen molar-refractivity contribution in [1.82, 2.24) is 5.43 Å². The molecular formula is C16H28N2O. The number of ether oxygens (including phenoxy) is 1. The highest BCUT2D eigenvalue weighted by molar-refractivity contribution is 5.28. The number of hydrogen-bond donors (Lipinski definition) is 2. The van der Waals surface area contributed by atoms with E-state index in [2.05, 4.69) is 57.4 Å². The normalized spacial score (nSPS) is 13.8. The summed E-state index contributed by atoms with van der Waals surface area (Å²) >= 11 is 0. The van der Waals surface area contributed by atoms with Crippen LogP contribution in [0.15, 0.2) is 24.3 Å². The molecule has 0 fully saturated rings. The Morgan fingerprint density at radius 3 is 2.53 bits per heavy atom. The molecule has 1 aromatic carbocycles. The first-order valence-corrected chi connectivity index (χ1v) is 7.09. The summed E-state index contributed by atoms with van der Waals surface area (Å²) in [6, 6.07) is 8.59. The van der Waals surface area contributed by atoms with Crippen molar-refractivity contribution >= 4 is 0 Å². The fourth-order valence-corrected chi connectivity index (χ4v) is 2.52. The Bertz CT molecular complexity index is 388. The molecule has 19 heavy (non-hydrogen) atoms. The van der Waals surface area contributed by atoms with Gasteiger partial charge in [-0.25, -0.2) is 0 Å². The molecule has 0 aliphatic carbocycles. The molecule has 1 aromatic rings. The molecule has 0 saturated heterocycles. The maximum absolute atomic E-state index is 5.82. The molecule has 0 aromatic heterocycles. The molecule has 0 heterocycles. The van der Waals surface area contributed by atoms with Gasteiger partial charge in [-0.05, 0) is 44.2 Å². The molecule has 0 radical (unpaired) electrons. The predicted octanol–water partition coefficient (Wildman–Crippen LogP) is 3.20. The number of nitrogens with two attached hydrogens (primary N) is 1. The van der Waals surface area contributed by atoms with Crippen molar-refractivity contribution in [1.29, 1.82) is 0 Å². The second kappa shape index (κ2) is 7.04. The van der Waals surface area contributed by atoms with E-state index < -0.39 is 0 Å². The first-order chi connectivity index (χ1) is 8.90. The fraction of sp³-hybridized carbons (Fsp3) is 0.625. The van der Waals surface area contributed by atoms with Gasteiger partial charge in [-0.2, -0.15) is 0 Å². The van der Waals surface area contributed by atoms with Gasteiger partial charge in [0.2, 0.25) is 0 Å². The van der Waals surface area contributed by atoms with Crippen LogP contribution in [0.25, 0.3) is 0 Å². The topological polar surface area (TPSA) is 47.3 Å². The summed E-state index contributed by atoms with van der Waals surface area (Å²) in [5.74, 6) is 6.39. The van der Waals surface area contributed by atoms with Gasteiger partial charge in [0.05, 0.1) is 11.6 Å². The van der Waals surface area contributed by atoms with Crippen LogP contribution in [0.3, 0.4) is 0 Å². The minimum absolute atomic E-state index is 0.0143. The lowest BCUT2D eigenvalue weighted by atomic mass is 9.90. The van der Waals surface area contributed by atoms with Crippen LogP contribution < -0.4 is 11.3 Å². The Hall–Kier alpha value is -0.900. The van der Waals surface area contributed by atoms with Crippen molar-refractivity contribution in [3.8, 4) is 0 Å². The number of rotatable bonds is 7. The molecule has 0 spiro atoms. The van der Waals surface area contributed by atoms with E-state index >= 15 is 0 Å². The Morgan fingerprint density at radius 1 is 1.32 bits per heavy atom. The summed E-state index contributed by atoms with van der Waals surface area (Å²) in [5.41, 5.74) is 5.09. The van der Waals surface area contributed by atoms with Crippen molar-refractivity contribution in [3.63, 3.8) is 0 Å². The number of nitrogens with one attached hydrogen (secondary N) is 1. The molecule has 0 aliphatic heterocycles. The van der Waals surface area contributed by atoms with Crippen molar-refractivity contribution in [2.24, 2.45) is 11.8 Å². The molecule has 1 atom stereocenters. The number of benzene rings is 1. The third kappa shape index (κ3) is 4.60. The maximum Gasteiger partial charge on any atom is 0.0833 e. The lowest BCUT2D eigenvalue weighted by Gasteiger charge is -2.34. The van der Waals surface area contributed by atoms with Crippen LogP contribution >= 0.6 is 0 Å². The molecule has 3 heteroatoms. The van der Waals surface area contributed by atoms with Crippen molar-refractivity contribution in [2.75, 3.05) is 6.61 Å².